The molecule has 0 bridgehead atoms. The first-order valence-electron chi connectivity index (χ1n) is 5.54. The Morgan fingerprint density at radius 3 is 2.89 bits per heavy atom. The van der Waals surface area contributed by atoms with Crippen LogP contribution in [0.1, 0.15) is 16.8 Å². The quantitative estimate of drug-likeness (QED) is 0.739. The molecule has 0 N–H and O–H groups in total. The molecule has 2 aromatic rings. The molecular weight excluding hydrogens is 271 g/mol. The Morgan fingerprint density at radius 2 is 2.11 bits per heavy atom. The fourth-order valence-corrected chi connectivity index (χ4v) is 3.25. The Morgan fingerprint density at radius 1 is 1.28 bits per heavy atom. The SMILES string of the molecule is Cc1ccc(-c2nc(Cl)c3c(n2)CSC3)cc1F. The van der Waals surface area contributed by atoms with Crippen molar-refractivity contribution in [3.63, 3.8) is 0 Å². The van der Waals surface area contributed by atoms with Gasteiger partial charge in [-0.05, 0) is 18.6 Å². The van der Waals surface area contributed by atoms with Crippen LogP contribution in [-0.2, 0) is 11.5 Å². The van der Waals surface area contributed by atoms with Gasteiger partial charge in [0.15, 0.2) is 5.82 Å². The predicted octanol–water partition coefficient (Wildman–Crippen LogP) is 3.99. The van der Waals surface area contributed by atoms with Gasteiger partial charge in [0.2, 0.25) is 0 Å². The van der Waals surface area contributed by atoms with E-state index in [2.05, 4.69) is 9.97 Å². The Hall–Kier alpha value is -1.13. The molecule has 0 fully saturated rings. The molecule has 0 spiro atoms. The van der Waals surface area contributed by atoms with Crippen LogP contribution in [0.25, 0.3) is 11.4 Å². The molecule has 1 aliphatic rings. The van der Waals surface area contributed by atoms with Crippen LogP contribution in [0.5, 0.6) is 0 Å². The maximum Gasteiger partial charge on any atom is 0.161 e. The first-order valence-corrected chi connectivity index (χ1v) is 7.08. The van der Waals surface area contributed by atoms with Gasteiger partial charge in [0.25, 0.3) is 0 Å². The maximum absolute atomic E-state index is 13.5. The third kappa shape index (κ3) is 1.99. The lowest BCUT2D eigenvalue weighted by Crippen LogP contribution is -1.98. The van der Waals surface area contributed by atoms with Gasteiger partial charge in [-0.2, -0.15) is 11.8 Å². The van der Waals surface area contributed by atoms with Crippen molar-refractivity contribution >= 4 is 23.4 Å². The van der Waals surface area contributed by atoms with Crippen LogP contribution in [-0.4, -0.2) is 9.97 Å². The van der Waals surface area contributed by atoms with Gasteiger partial charge in [0.1, 0.15) is 11.0 Å². The molecule has 1 aromatic heterocycles. The third-order valence-electron chi connectivity index (χ3n) is 2.96. The van der Waals surface area contributed by atoms with Crippen molar-refractivity contribution in [1.82, 2.24) is 9.97 Å². The highest BCUT2D eigenvalue weighted by Crippen LogP contribution is 2.34. The van der Waals surface area contributed by atoms with Gasteiger partial charge in [-0.3, -0.25) is 0 Å². The second kappa shape index (κ2) is 4.52. The zero-order chi connectivity index (χ0) is 12.7. The highest BCUT2D eigenvalue weighted by Gasteiger charge is 2.19. The summed E-state index contributed by atoms with van der Waals surface area (Å²) in [5.74, 6) is 1.96. The summed E-state index contributed by atoms with van der Waals surface area (Å²) >= 11 is 7.90. The van der Waals surface area contributed by atoms with Crippen molar-refractivity contribution in [2.45, 2.75) is 18.4 Å². The molecule has 3 rings (SSSR count). The molecule has 0 aliphatic carbocycles. The van der Waals surface area contributed by atoms with Crippen LogP contribution >= 0.6 is 23.4 Å². The van der Waals surface area contributed by atoms with Crippen LogP contribution < -0.4 is 0 Å². The zero-order valence-corrected chi connectivity index (χ0v) is 11.3. The molecule has 0 radical (unpaired) electrons. The van der Waals surface area contributed by atoms with Gasteiger partial charge >= 0.3 is 0 Å². The third-order valence-corrected chi connectivity index (χ3v) is 4.24. The number of thioether (sulfide) groups is 1. The van der Waals surface area contributed by atoms with Crippen LogP contribution in [0, 0.1) is 12.7 Å². The lowest BCUT2D eigenvalue weighted by Gasteiger charge is -2.06. The number of hydrogen-bond acceptors (Lipinski definition) is 3. The lowest BCUT2D eigenvalue weighted by molar-refractivity contribution is 0.619. The average molecular weight is 281 g/mol. The molecule has 92 valence electrons. The van der Waals surface area contributed by atoms with E-state index in [9.17, 15) is 4.39 Å². The van der Waals surface area contributed by atoms with Crippen molar-refractivity contribution in [3.8, 4) is 11.4 Å². The van der Waals surface area contributed by atoms with Crippen LogP contribution in [0.3, 0.4) is 0 Å². The molecule has 5 heteroatoms. The normalized spacial score (nSPS) is 13.7. The minimum Gasteiger partial charge on any atom is -0.232 e. The number of aromatic nitrogens is 2. The number of fused-ring (bicyclic) bond motifs is 1. The van der Waals surface area contributed by atoms with Crippen molar-refractivity contribution in [3.05, 3.63) is 46.0 Å². The number of halogens is 2. The van der Waals surface area contributed by atoms with E-state index in [1.54, 1.807) is 24.8 Å². The van der Waals surface area contributed by atoms with Gasteiger partial charge in [-0.25, -0.2) is 14.4 Å². The van der Waals surface area contributed by atoms with Gasteiger partial charge in [0.05, 0.1) is 5.69 Å². The van der Waals surface area contributed by atoms with Crippen LogP contribution in [0.15, 0.2) is 18.2 Å². The smallest absolute Gasteiger partial charge is 0.161 e. The van der Waals surface area contributed by atoms with Gasteiger partial charge in [-0.1, -0.05) is 23.7 Å². The lowest BCUT2D eigenvalue weighted by atomic mass is 10.1. The molecule has 0 saturated heterocycles. The number of aryl methyl sites for hydroxylation is 1. The van der Waals surface area contributed by atoms with E-state index in [1.165, 1.54) is 6.07 Å². The molecule has 0 amide bonds. The number of rotatable bonds is 1. The molecule has 0 atom stereocenters. The molecule has 0 unspecified atom stereocenters. The van der Waals surface area contributed by atoms with Gasteiger partial charge < -0.3 is 0 Å². The summed E-state index contributed by atoms with van der Waals surface area (Å²) in [4.78, 5) is 8.73. The van der Waals surface area contributed by atoms with Crippen LogP contribution in [0.4, 0.5) is 4.39 Å². The van der Waals surface area contributed by atoms with Crippen molar-refractivity contribution in [2.75, 3.05) is 0 Å². The predicted molar refractivity (Wildman–Crippen MR) is 72.2 cm³/mol. The fourth-order valence-electron chi connectivity index (χ4n) is 1.87. The number of benzene rings is 1. The van der Waals surface area contributed by atoms with E-state index in [-0.39, 0.29) is 5.82 Å². The summed E-state index contributed by atoms with van der Waals surface area (Å²) in [7, 11) is 0. The minimum absolute atomic E-state index is 0.248. The summed E-state index contributed by atoms with van der Waals surface area (Å²) in [5, 5.41) is 0.487. The molecule has 0 saturated carbocycles. The molecule has 1 aromatic carbocycles. The Labute approximate surface area is 114 Å². The highest BCUT2D eigenvalue weighted by atomic mass is 35.5. The standard InChI is InChI=1S/C13H10ClFN2S/c1-7-2-3-8(4-10(7)15)13-16-11-6-18-5-9(11)12(14)17-13/h2-4H,5-6H2,1H3. The summed E-state index contributed by atoms with van der Waals surface area (Å²) in [6.07, 6.45) is 0. The zero-order valence-electron chi connectivity index (χ0n) is 9.70. The summed E-state index contributed by atoms with van der Waals surface area (Å²) in [6, 6.07) is 5.00. The van der Waals surface area contributed by atoms with Crippen LogP contribution in [0.2, 0.25) is 5.15 Å². The fraction of sp³-hybridized carbons (Fsp3) is 0.231. The summed E-state index contributed by atoms with van der Waals surface area (Å²) in [5.41, 5.74) is 3.26. The van der Waals surface area contributed by atoms with E-state index >= 15 is 0 Å². The van der Waals surface area contributed by atoms with E-state index in [1.807, 2.05) is 6.07 Å². The summed E-state index contributed by atoms with van der Waals surface area (Å²) < 4.78 is 13.5. The molecule has 1 aliphatic heterocycles. The van der Waals surface area contributed by atoms with E-state index in [0.717, 1.165) is 22.8 Å². The van der Waals surface area contributed by atoms with Crippen molar-refractivity contribution in [1.29, 1.82) is 0 Å². The van der Waals surface area contributed by atoms with E-state index in [0.29, 0.717) is 22.1 Å². The molecular formula is C13H10ClFN2S. The maximum atomic E-state index is 13.5. The second-order valence-corrected chi connectivity index (χ2v) is 5.56. The summed E-state index contributed by atoms with van der Waals surface area (Å²) in [6.45, 7) is 1.73. The van der Waals surface area contributed by atoms with E-state index in [4.69, 9.17) is 11.6 Å². The second-order valence-electron chi connectivity index (χ2n) is 4.22. The van der Waals surface area contributed by atoms with Gasteiger partial charge in [0, 0.05) is 22.6 Å². The topological polar surface area (TPSA) is 25.8 Å². The Bertz CT molecular complexity index is 631. The first-order chi connectivity index (χ1) is 8.65. The Balaban J connectivity index is 2.12. The Kier molecular flexibility index (Phi) is 2.99. The monoisotopic (exact) mass is 280 g/mol. The molecule has 2 heterocycles. The van der Waals surface area contributed by atoms with Crippen molar-refractivity contribution in [2.24, 2.45) is 0 Å². The van der Waals surface area contributed by atoms with Crippen molar-refractivity contribution < 1.29 is 4.39 Å². The number of nitrogens with zero attached hydrogens (tertiary/aromatic N) is 2. The molecule has 18 heavy (non-hydrogen) atoms. The number of hydrogen-bond donors (Lipinski definition) is 0. The van der Waals surface area contributed by atoms with E-state index < -0.39 is 0 Å². The minimum atomic E-state index is -0.248. The first kappa shape index (κ1) is 11.9. The highest BCUT2D eigenvalue weighted by molar-refractivity contribution is 7.98. The largest absolute Gasteiger partial charge is 0.232 e. The molecule has 2 nitrogen and oxygen atoms in total. The average Bonchev–Trinajstić information content (AvgIpc) is 2.81. The van der Waals surface area contributed by atoms with Gasteiger partial charge in [-0.15, -0.1) is 0 Å².